The third kappa shape index (κ3) is 4.01. The van der Waals surface area contributed by atoms with E-state index in [1.54, 1.807) is 0 Å². The van der Waals surface area contributed by atoms with E-state index in [9.17, 15) is 4.79 Å². The normalized spacial score (nSPS) is 10.5. The first-order chi connectivity index (χ1) is 7.63. The molecule has 0 spiro atoms. The number of ether oxygens (including phenoxy) is 1. The van der Waals surface area contributed by atoms with Crippen LogP contribution in [0.5, 0.6) is 0 Å². The van der Waals surface area contributed by atoms with Crippen molar-refractivity contribution in [1.29, 1.82) is 0 Å². The van der Waals surface area contributed by atoms with Crippen molar-refractivity contribution in [3.8, 4) is 0 Å². The largest absolute Gasteiger partial charge is 0.465 e. The van der Waals surface area contributed by atoms with Crippen LogP contribution in [0, 0.1) is 5.92 Å². The Balaban J connectivity index is 2.34. The minimum atomic E-state index is -0.148. The van der Waals surface area contributed by atoms with Crippen molar-refractivity contribution < 1.29 is 9.53 Å². The topological polar surface area (TPSA) is 39.2 Å². The summed E-state index contributed by atoms with van der Waals surface area (Å²) in [6.45, 7) is 6.17. The maximum atomic E-state index is 11.2. The summed E-state index contributed by atoms with van der Waals surface area (Å²) in [5.41, 5.74) is 2.19. The molecule has 0 aliphatic carbocycles. The summed E-state index contributed by atoms with van der Waals surface area (Å²) in [5.74, 6) is -0.208. The van der Waals surface area contributed by atoms with E-state index in [-0.39, 0.29) is 11.9 Å². The van der Waals surface area contributed by atoms with Gasteiger partial charge in [0.1, 0.15) is 0 Å². The second kappa shape index (κ2) is 6.26. The number of aromatic nitrogens is 1. The maximum absolute atomic E-state index is 11.2. The third-order valence-electron chi connectivity index (χ3n) is 2.37. The molecule has 1 aromatic heterocycles. The number of rotatable bonds is 5. The molecule has 0 amide bonds. The van der Waals surface area contributed by atoms with Crippen molar-refractivity contribution in [2.45, 2.75) is 33.6 Å². The number of esters is 1. The van der Waals surface area contributed by atoms with Gasteiger partial charge >= 0.3 is 5.97 Å². The summed E-state index contributed by atoms with van der Waals surface area (Å²) in [5, 5.41) is 0. The molecule has 88 valence electrons. The van der Waals surface area contributed by atoms with Gasteiger partial charge in [0.25, 0.3) is 0 Å². The fraction of sp³-hybridized carbons (Fsp3) is 0.538. The highest BCUT2D eigenvalue weighted by molar-refractivity contribution is 5.71. The van der Waals surface area contributed by atoms with Gasteiger partial charge in [-0.1, -0.05) is 26.8 Å². The average molecular weight is 221 g/mol. The van der Waals surface area contributed by atoms with Crippen LogP contribution in [0.3, 0.4) is 0 Å². The second-order valence-corrected chi connectivity index (χ2v) is 4.08. The number of nitrogens with zero attached hydrogens (tertiary/aromatic N) is 1. The van der Waals surface area contributed by atoms with Crippen LogP contribution >= 0.6 is 0 Å². The van der Waals surface area contributed by atoms with E-state index in [0.29, 0.717) is 13.0 Å². The van der Waals surface area contributed by atoms with Gasteiger partial charge in [0.05, 0.1) is 12.5 Å². The van der Waals surface area contributed by atoms with E-state index >= 15 is 0 Å². The lowest BCUT2D eigenvalue weighted by molar-refractivity contribution is -0.147. The summed E-state index contributed by atoms with van der Waals surface area (Å²) in [6, 6.07) is 4.05. The van der Waals surface area contributed by atoms with E-state index in [0.717, 1.165) is 12.1 Å². The van der Waals surface area contributed by atoms with Crippen LogP contribution in [-0.2, 0) is 22.4 Å². The Morgan fingerprint density at radius 3 is 2.69 bits per heavy atom. The van der Waals surface area contributed by atoms with Crippen LogP contribution in [0.2, 0.25) is 0 Å². The molecule has 0 radical (unpaired) electrons. The van der Waals surface area contributed by atoms with Gasteiger partial charge in [-0.2, -0.15) is 0 Å². The quantitative estimate of drug-likeness (QED) is 0.717. The molecular weight excluding hydrogens is 202 g/mol. The van der Waals surface area contributed by atoms with Crippen LogP contribution in [0.1, 0.15) is 32.0 Å². The standard InChI is InChI=1S/C13H19NO2/c1-4-11-5-6-12(14-9-11)7-8-16-13(15)10(2)3/h5-6,9-10H,4,7-8H2,1-3H3. The number of carbonyl (C=O) groups excluding carboxylic acids is 1. The van der Waals surface area contributed by atoms with Gasteiger partial charge in [-0.25, -0.2) is 0 Å². The predicted molar refractivity (Wildman–Crippen MR) is 63.1 cm³/mol. The SMILES string of the molecule is CCc1ccc(CCOC(=O)C(C)C)nc1. The first-order valence-corrected chi connectivity index (χ1v) is 5.74. The van der Waals surface area contributed by atoms with Crippen molar-refractivity contribution in [3.05, 3.63) is 29.6 Å². The molecule has 1 aromatic rings. The molecule has 0 aliphatic heterocycles. The Morgan fingerprint density at radius 1 is 1.44 bits per heavy atom. The monoisotopic (exact) mass is 221 g/mol. The lowest BCUT2D eigenvalue weighted by atomic mass is 10.2. The zero-order valence-corrected chi connectivity index (χ0v) is 10.2. The van der Waals surface area contributed by atoms with Crippen LogP contribution in [0.15, 0.2) is 18.3 Å². The summed E-state index contributed by atoms with van der Waals surface area (Å²) in [6.07, 6.45) is 3.55. The fourth-order valence-corrected chi connectivity index (χ4v) is 1.24. The predicted octanol–water partition coefficient (Wildman–Crippen LogP) is 2.39. The van der Waals surface area contributed by atoms with Gasteiger partial charge in [-0.3, -0.25) is 9.78 Å². The van der Waals surface area contributed by atoms with Gasteiger partial charge in [0.15, 0.2) is 0 Å². The molecule has 0 unspecified atom stereocenters. The molecule has 0 fully saturated rings. The highest BCUT2D eigenvalue weighted by Crippen LogP contribution is 2.03. The van der Waals surface area contributed by atoms with Crippen LogP contribution in [0.4, 0.5) is 0 Å². The summed E-state index contributed by atoms with van der Waals surface area (Å²) in [7, 11) is 0. The number of hydrogen-bond donors (Lipinski definition) is 0. The van der Waals surface area contributed by atoms with E-state index < -0.39 is 0 Å². The second-order valence-electron chi connectivity index (χ2n) is 4.08. The number of aryl methyl sites for hydroxylation is 1. The van der Waals surface area contributed by atoms with Gasteiger partial charge in [-0.05, 0) is 18.1 Å². The molecule has 16 heavy (non-hydrogen) atoms. The van der Waals surface area contributed by atoms with Crippen molar-refractivity contribution in [2.75, 3.05) is 6.61 Å². The van der Waals surface area contributed by atoms with Crippen molar-refractivity contribution >= 4 is 5.97 Å². The Bertz CT molecular complexity index is 330. The lowest BCUT2D eigenvalue weighted by Gasteiger charge is -2.06. The maximum Gasteiger partial charge on any atom is 0.308 e. The summed E-state index contributed by atoms with van der Waals surface area (Å²) < 4.78 is 5.09. The fourth-order valence-electron chi connectivity index (χ4n) is 1.24. The average Bonchev–Trinajstić information content (AvgIpc) is 2.29. The van der Waals surface area contributed by atoms with Crippen LogP contribution < -0.4 is 0 Å². The molecule has 3 nitrogen and oxygen atoms in total. The van der Waals surface area contributed by atoms with Crippen molar-refractivity contribution in [3.63, 3.8) is 0 Å². The van der Waals surface area contributed by atoms with E-state index in [2.05, 4.69) is 18.0 Å². The number of carbonyl (C=O) groups is 1. The Labute approximate surface area is 96.8 Å². The molecule has 1 heterocycles. The van der Waals surface area contributed by atoms with E-state index in [4.69, 9.17) is 4.74 Å². The molecule has 0 bridgehead atoms. The van der Waals surface area contributed by atoms with E-state index in [1.165, 1.54) is 5.56 Å². The molecule has 1 rings (SSSR count). The van der Waals surface area contributed by atoms with Gasteiger partial charge in [0, 0.05) is 18.3 Å². The van der Waals surface area contributed by atoms with E-state index in [1.807, 2.05) is 26.1 Å². The third-order valence-corrected chi connectivity index (χ3v) is 2.37. The number of pyridine rings is 1. The van der Waals surface area contributed by atoms with Crippen molar-refractivity contribution in [1.82, 2.24) is 4.98 Å². The zero-order chi connectivity index (χ0) is 12.0. The van der Waals surface area contributed by atoms with Crippen LogP contribution in [-0.4, -0.2) is 17.6 Å². The lowest BCUT2D eigenvalue weighted by Crippen LogP contribution is -2.13. The van der Waals surface area contributed by atoms with Gasteiger partial charge in [-0.15, -0.1) is 0 Å². The molecule has 0 atom stereocenters. The minimum absolute atomic E-state index is 0.0598. The van der Waals surface area contributed by atoms with Crippen LogP contribution in [0.25, 0.3) is 0 Å². The van der Waals surface area contributed by atoms with Crippen molar-refractivity contribution in [2.24, 2.45) is 5.92 Å². The molecule has 0 saturated carbocycles. The molecule has 0 saturated heterocycles. The first-order valence-electron chi connectivity index (χ1n) is 5.74. The Kier molecular flexibility index (Phi) is 4.96. The first kappa shape index (κ1) is 12.7. The molecule has 0 aliphatic rings. The smallest absolute Gasteiger partial charge is 0.308 e. The molecule has 0 aromatic carbocycles. The highest BCUT2D eigenvalue weighted by atomic mass is 16.5. The summed E-state index contributed by atoms with van der Waals surface area (Å²) >= 11 is 0. The zero-order valence-electron chi connectivity index (χ0n) is 10.2. The summed E-state index contributed by atoms with van der Waals surface area (Å²) in [4.78, 5) is 15.5. The molecular formula is C13H19NO2. The molecule has 0 N–H and O–H groups in total. The minimum Gasteiger partial charge on any atom is -0.465 e. The van der Waals surface area contributed by atoms with Gasteiger partial charge < -0.3 is 4.74 Å². The molecule has 3 heteroatoms. The Hall–Kier alpha value is -1.38. The number of hydrogen-bond acceptors (Lipinski definition) is 3. The van der Waals surface area contributed by atoms with Gasteiger partial charge in [0.2, 0.25) is 0 Å². The Morgan fingerprint density at radius 2 is 2.19 bits per heavy atom. The highest BCUT2D eigenvalue weighted by Gasteiger charge is 2.07.